The van der Waals surface area contributed by atoms with Crippen molar-refractivity contribution in [2.24, 2.45) is 5.73 Å². The molecule has 1 aromatic rings. The van der Waals surface area contributed by atoms with Crippen molar-refractivity contribution in [1.82, 2.24) is 0 Å². The lowest BCUT2D eigenvalue weighted by atomic mass is 10.1. The first-order valence-corrected chi connectivity index (χ1v) is 3.71. The third kappa shape index (κ3) is 2.95. The maximum absolute atomic E-state index is 12.6. The van der Waals surface area contributed by atoms with Crippen LogP contribution in [0.5, 0.6) is 0 Å². The van der Waals surface area contributed by atoms with Crippen molar-refractivity contribution in [3.05, 3.63) is 34.6 Å². The Balaban J connectivity index is 0.00000144. The van der Waals surface area contributed by atoms with Crippen molar-refractivity contribution in [2.45, 2.75) is 0 Å². The van der Waals surface area contributed by atoms with Gasteiger partial charge in [0.05, 0.1) is 11.6 Å². The van der Waals surface area contributed by atoms with Gasteiger partial charge >= 0.3 is 0 Å². The second kappa shape index (κ2) is 5.17. The number of benzene rings is 1. The van der Waals surface area contributed by atoms with Gasteiger partial charge in [0.25, 0.3) is 0 Å². The maximum atomic E-state index is 12.6. The number of carbonyl (C=O) groups excluding carboxylic acids is 1. The van der Waals surface area contributed by atoms with Crippen LogP contribution in [0.25, 0.3) is 0 Å². The first kappa shape index (κ1) is 12.4. The van der Waals surface area contributed by atoms with Crippen molar-refractivity contribution < 1.29 is 9.18 Å². The average Bonchev–Trinajstić information content (AvgIpc) is 2.08. The van der Waals surface area contributed by atoms with E-state index in [1.807, 2.05) is 0 Å². The van der Waals surface area contributed by atoms with Gasteiger partial charge in [-0.15, -0.1) is 12.4 Å². The van der Waals surface area contributed by atoms with Gasteiger partial charge in [-0.3, -0.25) is 4.79 Å². The van der Waals surface area contributed by atoms with Gasteiger partial charge in [0, 0.05) is 5.56 Å². The number of hydrogen-bond donors (Lipinski definition) is 1. The highest BCUT2D eigenvalue weighted by atomic mass is 35.5. The third-order valence-electron chi connectivity index (χ3n) is 1.43. The Hall–Kier alpha value is -0.640. The highest BCUT2D eigenvalue weighted by Crippen LogP contribution is 2.15. The quantitative estimate of drug-likeness (QED) is 0.781. The van der Waals surface area contributed by atoms with Crippen LogP contribution < -0.4 is 5.73 Å². The molecular weight excluding hydrogens is 216 g/mol. The Morgan fingerprint density at radius 1 is 1.54 bits per heavy atom. The molecule has 72 valence electrons. The SMILES string of the molecule is Cl.NCC(=O)c1ccc(F)c(Cl)c1. The van der Waals surface area contributed by atoms with E-state index in [-0.39, 0.29) is 29.8 Å². The number of Topliss-reactive ketones (excluding diaryl/α,β-unsaturated/α-hetero) is 1. The molecule has 0 atom stereocenters. The number of rotatable bonds is 2. The summed E-state index contributed by atoms with van der Waals surface area (Å²) in [6.07, 6.45) is 0. The molecule has 0 radical (unpaired) electrons. The molecule has 0 saturated carbocycles. The van der Waals surface area contributed by atoms with Crippen LogP contribution >= 0.6 is 24.0 Å². The maximum Gasteiger partial charge on any atom is 0.176 e. The zero-order valence-electron chi connectivity index (χ0n) is 6.59. The Kier molecular flexibility index (Phi) is 4.91. The lowest BCUT2D eigenvalue weighted by Gasteiger charge is -1.98. The summed E-state index contributed by atoms with van der Waals surface area (Å²) in [5, 5.41) is -0.0608. The molecule has 0 aliphatic carbocycles. The highest BCUT2D eigenvalue weighted by Gasteiger charge is 2.05. The summed E-state index contributed by atoms with van der Waals surface area (Å²) in [6.45, 7) is -0.0953. The molecule has 0 unspecified atom stereocenters. The molecule has 13 heavy (non-hydrogen) atoms. The molecule has 5 heteroatoms. The van der Waals surface area contributed by atoms with E-state index < -0.39 is 5.82 Å². The molecule has 2 N–H and O–H groups in total. The van der Waals surface area contributed by atoms with E-state index in [0.717, 1.165) is 6.07 Å². The van der Waals surface area contributed by atoms with Crippen LogP contribution in [0, 0.1) is 5.82 Å². The molecule has 1 aromatic carbocycles. The molecule has 0 amide bonds. The van der Waals surface area contributed by atoms with Gasteiger partial charge in [-0.2, -0.15) is 0 Å². The first-order valence-electron chi connectivity index (χ1n) is 3.33. The van der Waals surface area contributed by atoms with E-state index in [9.17, 15) is 9.18 Å². The normalized spacial score (nSPS) is 9.15. The van der Waals surface area contributed by atoms with Gasteiger partial charge in [0.2, 0.25) is 0 Å². The number of carbonyl (C=O) groups is 1. The number of halogens is 3. The minimum Gasteiger partial charge on any atom is -0.324 e. The fourth-order valence-corrected chi connectivity index (χ4v) is 0.968. The summed E-state index contributed by atoms with van der Waals surface area (Å²) in [5.74, 6) is -0.790. The average molecular weight is 224 g/mol. The highest BCUT2D eigenvalue weighted by molar-refractivity contribution is 6.31. The Morgan fingerprint density at radius 3 is 2.62 bits per heavy atom. The fourth-order valence-electron chi connectivity index (χ4n) is 0.787. The van der Waals surface area contributed by atoms with Crippen LogP contribution in [-0.4, -0.2) is 12.3 Å². The monoisotopic (exact) mass is 223 g/mol. The number of ketones is 1. The Morgan fingerprint density at radius 2 is 2.15 bits per heavy atom. The van der Waals surface area contributed by atoms with Crippen molar-refractivity contribution in [3.8, 4) is 0 Å². The van der Waals surface area contributed by atoms with Crippen molar-refractivity contribution in [2.75, 3.05) is 6.54 Å². The molecule has 0 aromatic heterocycles. The number of nitrogens with two attached hydrogens (primary N) is 1. The van der Waals surface area contributed by atoms with Crippen LogP contribution in [0.4, 0.5) is 4.39 Å². The van der Waals surface area contributed by atoms with Crippen molar-refractivity contribution >= 4 is 29.8 Å². The minimum atomic E-state index is -0.537. The summed E-state index contributed by atoms with van der Waals surface area (Å²) in [4.78, 5) is 11.0. The van der Waals surface area contributed by atoms with E-state index in [2.05, 4.69) is 0 Å². The first-order chi connectivity index (χ1) is 5.65. The van der Waals surface area contributed by atoms with Crippen molar-refractivity contribution in [1.29, 1.82) is 0 Å². The predicted molar refractivity (Wildman–Crippen MR) is 52.0 cm³/mol. The van der Waals surface area contributed by atoms with E-state index in [1.165, 1.54) is 12.1 Å². The van der Waals surface area contributed by atoms with Gasteiger partial charge in [-0.25, -0.2) is 4.39 Å². The summed E-state index contributed by atoms with van der Waals surface area (Å²) < 4.78 is 12.6. The third-order valence-corrected chi connectivity index (χ3v) is 1.72. The van der Waals surface area contributed by atoms with Crippen LogP contribution in [0.3, 0.4) is 0 Å². The zero-order chi connectivity index (χ0) is 9.14. The summed E-state index contributed by atoms with van der Waals surface area (Å²) >= 11 is 5.45. The van der Waals surface area contributed by atoms with Gasteiger partial charge in [-0.1, -0.05) is 11.6 Å². The summed E-state index contributed by atoms with van der Waals surface area (Å²) in [7, 11) is 0. The van der Waals surface area contributed by atoms with Crippen LogP contribution in [0.1, 0.15) is 10.4 Å². The van der Waals surface area contributed by atoms with Gasteiger partial charge in [0.15, 0.2) is 5.78 Å². The molecule has 0 spiro atoms. The second-order valence-electron chi connectivity index (χ2n) is 2.26. The van der Waals surface area contributed by atoms with E-state index in [4.69, 9.17) is 17.3 Å². The van der Waals surface area contributed by atoms with Gasteiger partial charge < -0.3 is 5.73 Å². The summed E-state index contributed by atoms with van der Waals surface area (Å²) in [5.41, 5.74) is 5.44. The molecule has 0 fully saturated rings. The largest absolute Gasteiger partial charge is 0.324 e. The van der Waals surface area contributed by atoms with Crippen LogP contribution in [0.15, 0.2) is 18.2 Å². The molecule has 0 aliphatic rings. The topological polar surface area (TPSA) is 43.1 Å². The lowest BCUT2D eigenvalue weighted by molar-refractivity contribution is 0.100. The minimum absolute atomic E-state index is 0. The predicted octanol–water partition coefficient (Wildman–Crippen LogP) is 2.04. The zero-order valence-corrected chi connectivity index (χ0v) is 8.16. The standard InChI is InChI=1S/C8H7ClFNO.ClH/c9-6-3-5(8(12)4-11)1-2-7(6)10;/h1-3H,4,11H2;1H. The van der Waals surface area contributed by atoms with E-state index >= 15 is 0 Å². The molecule has 0 heterocycles. The van der Waals surface area contributed by atoms with E-state index in [0.29, 0.717) is 5.56 Å². The second-order valence-corrected chi connectivity index (χ2v) is 2.66. The fraction of sp³-hybridized carbons (Fsp3) is 0.125. The van der Waals surface area contributed by atoms with E-state index in [1.54, 1.807) is 0 Å². The number of hydrogen-bond acceptors (Lipinski definition) is 2. The Labute approximate surface area is 86.3 Å². The van der Waals surface area contributed by atoms with Crippen LogP contribution in [-0.2, 0) is 0 Å². The van der Waals surface area contributed by atoms with Gasteiger partial charge in [-0.05, 0) is 18.2 Å². The molecular formula is C8H8Cl2FNO. The molecule has 0 saturated heterocycles. The van der Waals surface area contributed by atoms with Crippen molar-refractivity contribution in [3.63, 3.8) is 0 Å². The van der Waals surface area contributed by atoms with Gasteiger partial charge in [0.1, 0.15) is 5.82 Å². The smallest absolute Gasteiger partial charge is 0.176 e. The van der Waals surface area contributed by atoms with Crippen LogP contribution in [0.2, 0.25) is 5.02 Å². The summed E-state index contributed by atoms with van der Waals surface area (Å²) in [6, 6.07) is 3.77. The lowest BCUT2D eigenvalue weighted by Crippen LogP contribution is -2.13. The molecule has 0 aliphatic heterocycles. The molecule has 2 nitrogen and oxygen atoms in total. The molecule has 1 rings (SSSR count). The molecule has 0 bridgehead atoms. The Bertz CT molecular complexity index is 317.